The van der Waals surface area contributed by atoms with Gasteiger partial charge in [0.15, 0.2) is 0 Å². The predicted octanol–water partition coefficient (Wildman–Crippen LogP) is 0.954. The largest absolute Gasteiger partial charge is 0.302 e. The summed E-state index contributed by atoms with van der Waals surface area (Å²) in [6.07, 6.45) is 5.35. The SMILES string of the molecule is CS(=O)(=O)CCN1CCC(CCC[O])CC1. The number of likely N-dealkylation sites (tertiary alicyclic amines) is 1. The van der Waals surface area contributed by atoms with E-state index < -0.39 is 9.84 Å². The van der Waals surface area contributed by atoms with Crippen molar-refractivity contribution in [1.29, 1.82) is 0 Å². The topological polar surface area (TPSA) is 57.3 Å². The molecule has 95 valence electrons. The molecule has 1 fully saturated rings. The average Bonchev–Trinajstić information content (AvgIpc) is 2.24. The Balaban J connectivity index is 2.17. The van der Waals surface area contributed by atoms with Gasteiger partial charge in [-0.2, -0.15) is 0 Å². The van der Waals surface area contributed by atoms with Crippen molar-refractivity contribution in [3.8, 4) is 0 Å². The third kappa shape index (κ3) is 5.82. The number of hydrogen-bond acceptors (Lipinski definition) is 3. The summed E-state index contributed by atoms with van der Waals surface area (Å²) < 4.78 is 22.0. The molecule has 0 atom stereocenters. The van der Waals surface area contributed by atoms with E-state index in [-0.39, 0.29) is 12.4 Å². The van der Waals surface area contributed by atoms with Gasteiger partial charge in [-0.15, -0.1) is 0 Å². The van der Waals surface area contributed by atoms with Crippen molar-refractivity contribution in [2.24, 2.45) is 5.92 Å². The number of nitrogens with zero attached hydrogens (tertiary/aromatic N) is 1. The van der Waals surface area contributed by atoms with Gasteiger partial charge in [-0.3, -0.25) is 0 Å². The van der Waals surface area contributed by atoms with Crippen LogP contribution in [0.1, 0.15) is 25.7 Å². The Morgan fingerprint density at radius 2 is 1.88 bits per heavy atom. The normalized spacial score (nSPS) is 20.1. The van der Waals surface area contributed by atoms with Gasteiger partial charge in [-0.1, -0.05) is 0 Å². The average molecular weight is 248 g/mol. The maximum Gasteiger partial charge on any atom is 0.148 e. The van der Waals surface area contributed by atoms with E-state index in [1.165, 1.54) is 6.26 Å². The second-order valence-electron chi connectivity index (χ2n) is 4.76. The zero-order valence-electron chi connectivity index (χ0n) is 10.0. The highest BCUT2D eigenvalue weighted by molar-refractivity contribution is 7.90. The molecule has 0 unspecified atom stereocenters. The molecule has 0 aromatic heterocycles. The van der Waals surface area contributed by atoms with Gasteiger partial charge in [0.05, 0.1) is 12.4 Å². The van der Waals surface area contributed by atoms with E-state index in [9.17, 15) is 13.5 Å². The van der Waals surface area contributed by atoms with E-state index in [2.05, 4.69) is 4.90 Å². The molecule has 0 aromatic rings. The molecular formula is C11H22NO3S. The van der Waals surface area contributed by atoms with Gasteiger partial charge < -0.3 is 4.90 Å². The van der Waals surface area contributed by atoms with Gasteiger partial charge in [0.25, 0.3) is 0 Å². The van der Waals surface area contributed by atoms with Crippen molar-refractivity contribution in [2.75, 3.05) is 38.2 Å². The van der Waals surface area contributed by atoms with E-state index >= 15 is 0 Å². The summed E-state index contributed by atoms with van der Waals surface area (Å²) in [5.74, 6) is 0.946. The molecule has 1 radical (unpaired) electrons. The Kier molecular flexibility index (Phi) is 5.72. The predicted molar refractivity (Wildman–Crippen MR) is 63.7 cm³/mol. The van der Waals surface area contributed by atoms with Gasteiger partial charge in [-0.05, 0) is 44.7 Å². The number of hydrogen-bond donors (Lipinski definition) is 0. The first-order valence-corrected chi connectivity index (χ1v) is 8.05. The van der Waals surface area contributed by atoms with Gasteiger partial charge in [0.1, 0.15) is 9.84 Å². The lowest BCUT2D eigenvalue weighted by Crippen LogP contribution is -2.36. The van der Waals surface area contributed by atoms with Crippen molar-refractivity contribution in [1.82, 2.24) is 4.90 Å². The molecule has 16 heavy (non-hydrogen) atoms. The van der Waals surface area contributed by atoms with Crippen LogP contribution in [0, 0.1) is 5.92 Å². The van der Waals surface area contributed by atoms with E-state index in [4.69, 9.17) is 0 Å². The van der Waals surface area contributed by atoms with Crippen LogP contribution in [0.25, 0.3) is 0 Å². The maximum absolute atomic E-state index is 11.0. The van der Waals surface area contributed by atoms with E-state index in [0.29, 0.717) is 12.5 Å². The molecule has 0 bridgehead atoms. The third-order valence-corrected chi connectivity index (χ3v) is 4.17. The van der Waals surface area contributed by atoms with Crippen LogP contribution in [-0.2, 0) is 14.9 Å². The summed E-state index contributed by atoms with van der Waals surface area (Å²) in [5, 5.41) is 10.4. The molecule has 1 aliphatic rings. The van der Waals surface area contributed by atoms with Gasteiger partial charge in [0, 0.05) is 12.8 Å². The Morgan fingerprint density at radius 3 is 2.38 bits per heavy atom. The zero-order valence-corrected chi connectivity index (χ0v) is 10.8. The molecule has 4 nitrogen and oxygen atoms in total. The van der Waals surface area contributed by atoms with Crippen LogP contribution in [0.2, 0.25) is 0 Å². The number of rotatable bonds is 6. The van der Waals surface area contributed by atoms with Gasteiger partial charge in [0.2, 0.25) is 0 Å². The van der Waals surface area contributed by atoms with Crippen LogP contribution >= 0.6 is 0 Å². The highest BCUT2D eigenvalue weighted by Crippen LogP contribution is 2.21. The second-order valence-corrected chi connectivity index (χ2v) is 7.02. The standard InChI is InChI=1S/C11H22NO3S/c1-16(14,15)10-8-12-6-4-11(5-7-12)3-2-9-13/h11H,2-10H2,1H3. The first kappa shape index (κ1) is 13.9. The van der Waals surface area contributed by atoms with Crippen LogP contribution in [0.3, 0.4) is 0 Å². The van der Waals surface area contributed by atoms with Crippen molar-refractivity contribution in [3.63, 3.8) is 0 Å². The molecule has 1 aliphatic heterocycles. The van der Waals surface area contributed by atoms with Crippen LogP contribution in [0.15, 0.2) is 0 Å². The van der Waals surface area contributed by atoms with Crippen molar-refractivity contribution in [2.45, 2.75) is 25.7 Å². The lowest BCUT2D eigenvalue weighted by Gasteiger charge is -2.31. The fraction of sp³-hybridized carbons (Fsp3) is 1.00. The molecule has 1 saturated heterocycles. The number of piperidine rings is 1. The second kappa shape index (κ2) is 6.57. The molecule has 0 aliphatic carbocycles. The summed E-state index contributed by atoms with van der Waals surface area (Å²) in [6, 6.07) is 0. The van der Waals surface area contributed by atoms with Crippen LogP contribution in [0.5, 0.6) is 0 Å². The quantitative estimate of drug-likeness (QED) is 0.703. The molecule has 0 amide bonds. The van der Waals surface area contributed by atoms with Crippen molar-refractivity contribution in [3.05, 3.63) is 0 Å². The van der Waals surface area contributed by atoms with Gasteiger partial charge >= 0.3 is 0 Å². The highest BCUT2D eigenvalue weighted by atomic mass is 32.2. The Hall–Kier alpha value is -0.130. The minimum Gasteiger partial charge on any atom is -0.302 e. The Morgan fingerprint density at radius 1 is 1.25 bits per heavy atom. The summed E-state index contributed by atoms with van der Waals surface area (Å²) >= 11 is 0. The fourth-order valence-electron chi connectivity index (χ4n) is 2.17. The van der Waals surface area contributed by atoms with Crippen molar-refractivity contribution >= 4 is 9.84 Å². The molecule has 1 heterocycles. The van der Waals surface area contributed by atoms with Crippen LogP contribution in [-0.4, -0.2) is 51.6 Å². The molecule has 0 aromatic carbocycles. The summed E-state index contributed by atoms with van der Waals surface area (Å²) in [7, 11) is -2.83. The molecule has 0 N–H and O–H groups in total. The molecule has 5 heteroatoms. The Bertz CT molecular complexity index is 282. The van der Waals surface area contributed by atoms with E-state index in [1.54, 1.807) is 0 Å². The first-order chi connectivity index (χ1) is 7.51. The summed E-state index contributed by atoms with van der Waals surface area (Å²) in [4.78, 5) is 2.22. The lowest BCUT2D eigenvalue weighted by atomic mass is 9.92. The minimum absolute atomic E-state index is 0.0360. The summed E-state index contributed by atoms with van der Waals surface area (Å²) in [6.45, 7) is 2.67. The smallest absolute Gasteiger partial charge is 0.148 e. The molecule has 0 spiro atoms. The number of sulfone groups is 1. The van der Waals surface area contributed by atoms with Crippen molar-refractivity contribution < 1.29 is 13.5 Å². The third-order valence-electron chi connectivity index (χ3n) is 3.24. The zero-order chi connectivity index (χ0) is 12.0. The first-order valence-electron chi connectivity index (χ1n) is 5.99. The lowest BCUT2D eigenvalue weighted by molar-refractivity contribution is 0.155. The summed E-state index contributed by atoms with van der Waals surface area (Å²) in [5.41, 5.74) is 0. The molecule has 1 rings (SSSR count). The van der Waals surface area contributed by atoms with E-state index in [0.717, 1.165) is 38.8 Å². The van der Waals surface area contributed by atoms with Crippen LogP contribution in [0.4, 0.5) is 0 Å². The minimum atomic E-state index is -2.83. The molecular weight excluding hydrogens is 226 g/mol. The van der Waals surface area contributed by atoms with Gasteiger partial charge in [-0.25, -0.2) is 13.5 Å². The van der Waals surface area contributed by atoms with E-state index in [1.807, 2.05) is 0 Å². The monoisotopic (exact) mass is 248 g/mol. The highest BCUT2D eigenvalue weighted by Gasteiger charge is 2.19. The van der Waals surface area contributed by atoms with Crippen LogP contribution < -0.4 is 0 Å². The Labute approximate surface area is 98.6 Å². The fourth-order valence-corrected chi connectivity index (χ4v) is 2.76. The molecule has 0 saturated carbocycles. The maximum atomic E-state index is 11.0.